The number of halogens is 2. The van der Waals surface area contributed by atoms with Gasteiger partial charge < -0.3 is 14.6 Å². The van der Waals surface area contributed by atoms with Crippen molar-refractivity contribution >= 4 is 40.2 Å². The van der Waals surface area contributed by atoms with E-state index in [-0.39, 0.29) is 29.4 Å². The number of aromatic nitrogens is 1. The number of ether oxygens (including phenoxy) is 1. The number of benzene rings is 2. The predicted molar refractivity (Wildman–Crippen MR) is 104 cm³/mol. The molecule has 1 aliphatic rings. The highest BCUT2D eigenvalue weighted by Crippen LogP contribution is 2.25. The summed E-state index contributed by atoms with van der Waals surface area (Å²) in [4.78, 5) is 36.2. The molecule has 0 saturated carbocycles. The number of nitrogens with zero attached hydrogens (tertiary/aromatic N) is 1. The van der Waals surface area contributed by atoms with E-state index in [4.69, 9.17) is 16.3 Å². The Kier molecular flexibility index (Phi) is 4.90. The van der Waals surface area contributed by atoms with Gasteiger partial charge in [-0.15, -0.1) is 0 Å². The molecule has 0 saturated heterocycles. The zero-order chi connectivity index (χ0) is 20.5. The van der Waals surface area contributed by atoms with E-state index in [2.05, 4.69) is 5.32 Å². The maximum absolute atomic E-state index is 14.3. The molecule has 29 heavy (non-hydrogen) atoms. The number of hydrogen-bond acceptors (Lipinski definition) is 4. The summed E-state index contributed by atoms with van der Waals surface area (Å²) in [6.07, 6.45) is 2.63. The van der Waals surface area contributed by atoms with Crippen LogP contribution >= 0.6 is 11.6 Å². The smallest absolute Gasteiger partial charge is 0.333 e. The summed E-state index contributed by atoms with van der Waals surface area (Å²) in [5.74, 6) is -2.76. The van der Waals surface area contributed by atoms with E-state index in [0.29, 0.717) is 16.5 Å². The lowest BCUT2D eigenvalue weighted by molar-refractivity contribution is -0.135. The van der Waals surface area contributed by atoms with Crippen molar-refractivity contribution in [2.45, 2.75) is 6.54 Å². The molecule has 6 nitrogen and oxygen atoms in total. The van der Waals surface area contributed by atoms with E-state index < -0.39 is 23.5 Å². The Bertz CT molecular complexity index is 1200. The van der Waals surface area contributed by atoms with Gasteiger partial charge in [0.25, 0.3) is 11.7 Å². The van der Waals surface area contributed by atoms with Crippen LogP contribution in [0.25, 0.3) is 10.9 Å². The Hall–Kier alpha value is -3.45. The normalized spacial score (nSPS) is 13.3. The Morgan fingerprint density at radius 1 is 1.17 bits per heavy atom. The summed E-state index contributed by atoms with van der Waals surface area (Å²) in [5, 5.41) is 2.96. The van der Waals surface area contributed by atoms with Crippen LogP contribution in [-0.4, -0.2) is 28.8 Å². The third kappa shape index (κ3) is 3.64. The summed E-state index contributed by atoms with van der Waals surface area (Å²) in [7, 11) is 0. The van der Waals surface area contributed by atoms with Crippen LogP contribution in [0.2, 0.25) is 5.02 Å². The van der Waals surface area contributed by atoms with Crippen LogP contribution in [0.4, 0.5) is 4.39 Å². The topological polar surface area (TPSA) is 77.4 Å². The van der Waals surface area contributed by atoms with Crippen molar-refractivity contribution < 1.29 is 23.5 Å². The molecule has 0 fully saturated rings. The number of carbonyl (C=O) groups is 3. The lowest BCUT2D eigenvalue weighted by Crippen LogP contribution is -2.31. The first kappa shape index (κ1) is 18.9. The first-order valence-electron chi connectivity index (χ1n) is 8.68. The van der Waals surface area contributed by atoms with E-state index in [0.717, 1.165) is 6.08 Å². The van der Waals surface area contributed by atoms with Gasteiger partial charge in [0.05, 0.1) is 22.8 Å². The minimum atomic E-state index is -0.883. The highest BCUT2D eigenvalue weighted by atomic mass is 35.5. The molecule has 3 aromatic rings. The maximum Gasteiger partial charge on any atom is 0.333 e. The minimum absolute atomic E-state index is 0.0104. The zero-order valence-electron chi connectivity index (χ0n) is 14.9. The molecule has 0 unspecified atom stereocenters. The molecule has 0 spiro atoms. The van der Waals surface area contributed by atoms with E-state index >= 15 is 0 Å². The summed E-state index contributed by atoms with van der Waals surface area (Å²) in [5.41, 5.74) is 1.42. The van der Waals surface area contributed by atoms with Gasteiger partial charge in [-0.25, -0.2) is 9.18 Å². The van der Waals surface area contributed by atoms with E-state index in [1.54, 1.807) is 41.0 Å². The Balaban J connectivity index is 1.68. The van der Waals surface area contributed by atoms with E-state index in [9.17, 15) is 18.8 Å². The van der Waals surface area contributed by atoms with Crippen molar-refractivity contribution in [1.29, 1.82) is 0 Å². The average molecular weight is 413 g/mol. The molecule has 146 valence electrons. The van der Waals surface area contributed by atoms with Gasteiger partial charge in [0.1, 0.15) is 12.4 Å². The molecule has 1 amide bonds. The van der Waals surface area contributed by atoms with Crippen molar-refractivity contribution in [3.05, 3.63) is 82.4 Å². The molecule has 2 aromatic carbocycles. The quantitative estimate of drug-likeness (QED) is 0.396. The molecule has 0 bridgehead atoms. The molecule has 0 atom stereocenters. The number of carbonyl (C=O) groups excluding carboxylic acids is 3. The van der Waals surface area contributed by atoms with Crippen molar-refractivity contribution in [1.82, 2.24) is 9.88 Å². The number of Topliss-reactive ketones (excluding diaryl/α,β-unsaturated/α-hetero) is 1. The van der Waals surface area contributed by atoms with Crippen LogP contribution in [0.3, 0.4) is 0 Å². The number of fused-ring (bicyclic) bond motifs is 1. The molecule has 1 N–H and O–H groups in total. The first-order chi connectivity index (χ1) is 13.9. The summed E-state index contributed by atoms with van der Waals surface area (Å²) in [6.45, 7) is 0.0446. The van der Waals surface area contributed by atoms with Crippen LogP contribution < -0.4 is 5.32 Å². The molecule has 2 heterocycles. The number of rotatable bonds is 5. The number of ketones is 1. The van der Waals surface area contributed by atoms with E-state index in [1.165, 1.54) is 12.3 Å². The standard InChI is InChI=1S/C21H14ClFN2O4/c22-16-6-3-4-12(19(16)23)9-25-10-15(14-5-1-2-7-17(14)25)20(27)21(28)24-13-8-18(26)29-11-13/h1-8,10H,9,11H2,(H,24,28). The number of nitrogens with one attached hydrogen (secondary N) is 1. The molecule has 1 aromatic heterocycles. The van der Waals surface area contributed by atoms with Crippen LogP contribution in [-0.2, 0) is 20.9 Å². The minimum Gasteiger partial charge on any atom is -0.456 e. The Labute approximate surface area is 169 Å². The van der Waals surface area contributed by atoms with Crippen LogP contribution in [0.1, 0.15) is 15.9 Å². The first-order valence-corrected chi connectivity index (χ1v) is 9.05. The fourth-order valence-electron chi connectivity index (χ4n) is 3.18. The van der Waals surface area contributed by atoms with Gasteiger partial charge in [-0.3, -0.25) is 9.59 Å². The van der Waals surface area contributed by atoms with Gasteiger partial charge in [-0.2, -0.15) is 0 Å². The van der Waals surface area contributed by atoms with Crippen molar-refractivity contribution in [2.24, 2.45) is 0 Å². The number of amides is 1. The molecular weight excluding hydrogens is 399 g/mol. The second kappa shape index (κ2) is 7.52. The number of hydrogen-bond donors (Lipinski definition) is 1. The lowest BCUT2D eigenvalue weighted by Gasteiger charge is -2.07. The molecule has 4 rings (SSSR count). The predicted octanol–water partition coefficient (Wildman–Crippen LogP) is 3.22. The van der Waals surface area contributed by atoms with Crippen molar-refractivity contribution in [2.75, 3.05) is 6.61 Å². The van der Waals surface area contributed by atoms with Gasteiger partial charge in [-0.05, 0) is 12.1 Å². The van der Waals surface area contributed by atoms with Gasteiger partial charge in [0, 0.05) is 28.7 Å². The number of cyclic esters (lactones) is 1. The monoisotopic (exact) mass is 412 g/mol. The van der Waals surface area contributed by atoms with Crippen molar-refractivity contribution in [3.63, 3.8) is 0 Å². The van der Waals surface area contributed by atoms with Gasteiger partial charge in [0.2, 0.25) is 0 Å². The highest BCUT2D eigenvalue weighted by molar-refractivity contribution is 6.45. The SMILES string of the molecule is O=C1C=C(NC(=O)C(=O)c2cn(Cc3cccc(Cl)c3F)c3ccccc23)CO1. The van der Waals surface area contributed by atoms with Crippen LogP contribution in [0.5, 0.6) is 0 Å². The van der Waals surface area contributed by atoms with Gasteiger partial charge in [0.15, 0.2) is 0 Å². The number of para-hydroxylation sites is 1. The largest absolute Gasteiger partial charge is 0.456 e. The summed E-state index contributed by atoms with van der Waals surface area (Å²) < 4.78 is 20.7. The average Bonchev–Trinajstić information content (AvgIpc) is 3.28. The summed E-state index contributed by atoms with van der Waals surface area (Å²) in [6, 6.07) is 11.7. The van der Waals surface area contributed by atoms with Crippen LogP contribution in [0.15, 0.2) is 60.4 Å². The zero-order valence-corrected chi connectivity index (χ0v) is 15.7. The second-order valence-corrected chi connectivity index (χ2v) is 6.87. The number of esters is 1. The molecule has 8 heteroatoms. The molecule has 0 radical (unpaired) electrons. The molecule has 0 aliphatic carbocycles. The van der Waals surface area contributed by atoms with E-state index in [1.807, 2.05) is 0 Å². The third-order valence-corrected chi connectivity index (χ3v) is 4.84. The van der Waals surface area contributed by atoms with Gasteiger partial charge >= 0.3 is 5.97 Å². The lowest BCUT2D eigenvalue weighted by atomic mass is 10.1. The van der Waals surface area contributed by atoms with Gasteiger partial charge in [-0.1, -0.05) is 41.9 Å². The fraction of sp³-hybridized carbons (Fsp3) is 0.0952. The summed E-state index contributed by atoms with van der Waals surface area (Å²) >= 11 is 5.86. The maximum atomic E-state index is 14.3. The molecule has 1 aliphatic heterocycles. The second-order valence-electron chi connectivity index (χ2n) is 6.46. The van der Waals surface area contributed by atoms with Crippen molar-refractivity contribution in [3.8, 4) is 0 Å². The fourth-order valence-corrected chi connectivity index (χ4v) is 3.38. The molecular formula is C21H14ClFN2O4. The Morgan fingerprint density at radius 3 is 2.72 bits per heavy atom. The third-order valence-electron chi connectivity index (χ3n) is 4.55. The highest BCUT2D eigenvalue weighted by Gasteiger charge is 2.24. The van der Waals surface area contributed by atoms with Crippen LogP contribution in [0, 0.1) is 5.82 Å². The Morgan fingerprint density at radius 2 is 1.97 bits per heavy atom.